The van der Waals surface area contributed by atoms with E-state index in [1.165, 1.54) is 26.8 Å². The van der Waals surface area contributed by atoms with E-state index in [-0.39, 0.29) is 6.04 Å². The van der Waals surface area contributed by atoms with Crippen LogP contribution in [0.3, 0.4) is 0 Å². The van der Waals surface area contributed by atoms with Crippen molar-refractivity contribution >= 4 is 27.4 Å². The van der Waals surface area contributed by atoms with Gasteiger partial charge < -0.3 is 5.11 Å². The highest BCUT2D eigenvalue weighted by molar-refractivity contribution is 7.17. The van der Waals surface area contributed by atoms with Gasteiger partial charge in [-0.1, -0.05) is 55.8 Å². The van der Waals surface area contributed by atoms with Crippen LogP contribution in [0.1, 0.15) is 48.9 Å². The molecule has 3 nitrogen and oxygen atoms in total. The summed E-state index contributed by atoms with van der Waals surface area (Å²) in [6.45, 7) is 2.98. The van der Waals surface area contributed by atoms with Gasteiger partial charge in [0.1, 0.15) is 6.04 Å². The Kier molecular flexibility index (Phi) is 5.28. The predicted octanol–water partition coefficient (Wildman–Crippen LogP) is 5.49. The van der Waals surface area contributed by atoms with Crippen LogP contribution in [0.5, 0.6) is 0 Å². The zero-order chi connectivity index (χ0) is 18.8. The second-order valence-corrected chi connectivity index (χ2v) is 8.18. The number of hydrogen-bond acceptors (Lipinski definition) is 3. The van der Waals surface area contributed by atoms with Gasteiger partial charge in [-0.15, -0.1) is 11.3 Å². The average Bonchev–Trinajstić information content (AvgIpc) is 3.13. The minimum absolute atomic E-state index is 0.0199. The number of likely N-dealkylation sites (tertiary alicyclic amines) is 1. The molecule has 0 bridgehead atoms. The van der Waals surface area contributed by atoms with E-state index in [1.54, 1.807) is 11.3 Å². The maximum absolute atomic E-state index is 12.0. The van der Waals surface area contributed by atoms with Crippen molar-refractivity contribution in [2.45, 2.75) is 44.7 Å². The second-order valence-electron chi connectivity index (χ2n) is 7.27. The molecular formula is C23H25NO2S. The summed E-state index contributed by atoms with van der Waals surface area (Å²) in [5.41, 5.74) is 3.72. The molecular weight excluding hydrogens is 354 g/mol. The van der Waals surface area contributed by atoms with Gasteiger partial charge >= 0.3 is 5.97 Å². The molecule has 2 atom stereocenters. The fourth-order valence-electron chi connectivity index (χ4n) is 4.22. The molecule has 4 heteroatoms. The standard InChI is InChI=1S/C23H25NO2S/c1-2-16-10-12-17(13-11-16)22(24-14-6-5-8-20(24)23(25)26)19-15-27-21-9-4-3-7-18(19)21/h3-4,7,9-13,15,20,22H,2,5-6,8,14H2,1H3,(H,25,26). The Morgan fingerprint density at radius 1 is 1.19 bits per heavy atom. The Labute approximate surface area is 164 Å². The summed E-state index contributed by atoms with van der Waals surface area (Å²) in [6, 6.07) is 16.7. The molecule has 0 aliphatic carbocycles. The maximum atomic E-state index is 12.0. The number of thiophene rings is 1. The monoisotopic (exact) mass is 379 g/mol. The van der Waals surface area contributed by atoms with Crippen molar-refractivity contribution in [3.63, 3.8) is 0 Å². The largest absolute Gasteiger partial charge is 0.480 e. The summed E-state index contributed by atoms with van der Waals surface area (Å²) in [4.78, 5) is 14.2. The van der Waals surface area contributed by atoms with E-state index < -0.39 is 12.0 Å². The summed E-state index contributed by atoms with van der Waals surface area (Å²) < 4.78 is 1.26. The second kappa shape index (κ2) is 7.83. The minimum atomic E-state index is -0.704. The molecule has 0 amide bonds. The smallest absolute Gasteiger partial charge is 0.320 e. The van der Waals surface area contributed by atoms with Crippen LogP contribution in [0.2, 0.25) is 0 Å². The fraction of sp³-hybridized carbons (Fsp3) is 0.348. The molecule has 140 valence electrons. The normalized spacial score (nSPS) is 19.2. The lowest BCUT2D eigenvalue weighted by Crippen LogP contribution is -2.46. The van der Waals surface area contributed by atoms with Crippen molar-refractivity contribution in [3.05, 3.63) is 70.6 Å². The molecule has 0 spiro atoms. The van der Waals surface area contributed by atoms with E-state index in [9.17, 15) is 9.90 Å². The van der Waals surface area contributed by atoms with Crippen molar-refractivity contribution in [2.24, 2.45) is 0 Å². The zero-order valence-electron chi connectivity index (χ0n) is 15.6. The summed E-state index contributed by atoms with van der Waals surface area (Å²) in [5, 5.41) is 13.3. The number of piperidine rings is 1. The summed E-state index contributed by atoms with van der Waals surface area (Å²) in [7, 11) is 0. The van der Waals surface area contributed by atoms with Gasteiger partial charge in [0.15, 0.2) is 0 Å². The molecule has 0 radical (unpaired) electrons. The first-order valence-electron chi connectivity index (χ1n) is 9.72. The van der Waals surface area contributed by atoms with Gasteiger partial charge in [-0.3, -0.25) is 9.69 Å². The van der Waals surface area contributed by atoms with Crippen molar-refractivity contribution in [3.8, 4) is 0 Å². The van der Waals surface area contributed by atoms with Gasteiger partial charge in [-0.2, -0.15) is 0 Å². The number of carboxylic acid groups (broad SMARTS) is 1. The summed E-state index contributed by atoms with van der Waals surface area (Å²) in [6.07, 6.45) is 3.77. The van der Waals surface area contributed by atoms with Crippen molar-refractivity contribution in [1.29, 1.82) is 0 Å². The first-order chi connectivity index (χ1) is 13.2. The van der Waals surface area contributed by atoms with Crippen molar-refractivity contribution in [2.75, 3.05) is 6.54 Å². The quantitative estimate of drug-likeness (QED) is 0.637. The molecule has 1 aliphatic heterocycles. The molecule has 1 fully saturated rings. The molecule has 1 saturated heterocycles. The van der Waals surface area contributed by atoms with Crippen LogP contribution in [0, 0.1) is 0 Å². The third-order valence-corrected chi connectivity index (χ3v) is 6.65. The van der Waals surface area contributed by atoms with E-state index in [4.69, 9.17) is 0 Å². The number of hydrogen-bond donors (Lipinski definition) is 1. The number of nitrogens with zero attached hydrogens (tertiary/aromatic N) is 1. The lowest BCUT2D eigenvalue weighted by Gasteiger charge is -2.39. The highest BCUT2D eigenvalue weighted by Gasteiger charge is 2.36. The first kappa shape index (κ1) is 18.2. The molecule has 27 heavy (non-hydrogen) atoms. The molecule has 4 rings (SSSR count). The molecule has 2 heterocycles. The van der Waals surface area contributed by atoms with Crippen LogP contribution in [0.15, 0.2) is 53.9 Å². The number of benzene rings is 2. The van der Waals surface area contributed by atoms with Crippen LogP contribution >= 0.6 is 11.3 Å². The van der Waals surface area contributed by atoms with Crippen LogP contribution < -0.4 is 0 Å². The Balaban J connectivity index is 1.85. The third kappa shape index (κ3) is 3.52. The van der Waals surface area contributed by atoms with Gasteiger partial charge in [0, 0.05) is 4.70 Å². The molecule has 1 aliphatic rings. The van der Waals surface area contributed by atoms with E-state index in [1.807, 2.05) is 0 Å². The van der Waals surface area contributed by atoms with Crippen LogP contribution in [-0.2, 0) is 11.2 Å². The molecule has 2 aromatic carbocycles. The number of aliphatic carboxylic acids is 1. The summed E-state index contributed by atoms with van der Waals surface area (Å²) in [5.74, 6) is -0.704. The van der Waals surface area contributed by atoms with Gasteiger partial charge in [0.2, 0.25) is 0 Å². The molecule has 0 saturated carbocycles. The maximum Gasteiger partial charge on any atom is 0.320 e. The Bertz CT molecular complexity index is 931. The van der Waals surface area contributed by atoms with Crippen LogP contribution in [0.25, 0.3) is 10.1 Å². The summed E-state index contributed by atoms with van der Waals surface area (Å²) >= 11 is 1.74. The van der Waals surface area contributed by atoms with E-state index in [0.29, 0.717) is 0 Å². The topological polar surface area (TPSA) is 40.5 Å². The number of aryl methyl sites for hydroxylation is 1. The highest BCUT2D eigenvalue weighted by Crippen LogP contribution is 2.40. The number of carboxylic acids is 1. The molecule has 1 aromatic heterocycles. The number of fused-ring (bicyclic) bond motifs is 1. The van der Waals surface area contributed by atoms with Crippen LogP contribution in [0.4, 0.5) is 0 Å². The van der Waals surface area contributed by atoms with Crippen LogP contribution in [-0.4, -0.2) is 28.6 Å². The Hall–Kier alpha value is -2.17. The van der Waals surface area contributed by atoms with Gasteiger partial charge in [-0.05, 0) is 59.3 Å². The van der Waals surface area contributed by atoms with Gasteiger partial charge in [0.05, 0.1) is 6.04 Å². The van der Waals surface area contributed by atoms with E-state index >= 15 is 0 Å². The lowest BCUT2D eigenvalue weighted by atomic mass is 9.91. The zero-order valence-corrected chi connectivity index (χ0v) is 16.4. The molecule has 3 aromatic rings. The fourth-order valence-corrected chi connectivity index (χ4v) is 5.20. The van der Waals surface area contributed by atoms with Gasteiger partial charge in [0.25, 0.3) is 0 Å². The number of rotatable bonds is 5. The van der Waals surface area contributed by atoms with Gasteiger partial charge in [-0.25, -0.2) is 0 Å². The Morgan fingerprint density at radius 3 is 2.70 bits per heavy atom. The molecule has 2 unspecified atom stereocenters. The van der Waals surface area contributed by atoms with E-state index in [0.717, 1.165) is 32.2 Å². The van der Waals surface area contributed by atoms with Crippen molar-refractivity contribution in [1.82, 2.24) is 4.90 Å². The predicted molar refractivity (Wildman–Crippen MR) is 111 cm³/mol. The lowest BCUT2D eigenvalue weighted by molar-refractivity contribution is -0.145. The number of carbonyl (C=O) groups is 1. The SMILES string of the molecule is CCc1ccc(C(c2csc3ccccc23)N2CCCCC2C(=O)O)cc1. The highest BCUT2D eigenvalue weighted by atomic mass is 32.1. The van der Waals surface area contributed by atoms with E-state index in [2.05, 4.69) is 65.7 Å². The first-order valence-corrected chi connectivity index (χ1v) is 10.6. The Morgan fingerprint density at radius 2 is 1.96 bits per heavy atom. The minimum Gasteiger partial charge on any atom is -0.480 e. The third-order valence-electron chi connectivity index (χ3n) is 5.67. The molecule has 1 N–H and O–H groups in total. The van der Waals surface area contributed by atoms with Crippen molar-refractivity contribution < 1.29 is 9.90 Å². The average molecular weight is 380 g/mol.